The Morgan fingerprint density at radius 2 is 2.07 bits per heavy atom. The number of hydrogen-bond acceptors (Lipinski definition) is 0. The Kier molecular flexibility index (Phi) is 1.81. The van der Waals surface area contributed by atoms with Crippen molar-refractivity contribution in [1.29, 1.82) is 0 Å². The summed E-state index contributed by atoms with van der Waals surface area (Å²) in [7, 11) is 0. The van der Waals surface area contributed by atoms with Crippen molar-refractivity contribution in [1.82, 2.24) is 0 Å². The van der Waals surface area contributed by atoms with Gasteiger partial charge in [-0.2, -0.15) is 0 Å². The van der Waals surface area contributed by atoms with Crippen LogP contribution in [0.4, 0.5) is 0 Å². The quantitative estimate of drug-likeness (QED) is 0.601. The molecule has 0 aromatic carbocycles. The monoisotopic (exact) mass is 200 g/mol. The van der Waals surface area contributed by atoms with E-state index in [0.29, 0.717) is 0 Å². The topological polar surface area (TPSA) is 0 Å². The van der Waals surface area contributed by atoms with Crippen LogP contribution in [0.1, 0.15) is 27.2 Å². The van der Waals surface area contributed by atoms with Gasteiger partial charge in [0.15, 0.2) is 0 Å². The van der Waals surface area contributed by atoms with Crippen LogP contribution in [-0.2, 0) is 0 Å². The lowest BCUT2D eigenvalue weighted by Crippen LogP contribution is -2.08. The second kappa shape index (κ2) is 2.87. The van der Waals surface area contributed by atoms with E-state index in [-0.39, 0.29) is 0 Å². The van der Waals surface area contributed by atoms with E-state index in [9.17, 15) is 0 Å². The maximum absolute atomic E-state index is 4.20. The van der Waals surface area contributed by atoms with Gasteiger partial charge in [0.2, 0.25) is 0 Å². The fourth-order valence-electron chi connectivity index (χ4n) is 3.95. The highest BCUT2D eigenvalue weighted by atomic mass is 14.6. The SMILES string of the molecule is C=C1C=CC2=C1[C@H]1[C@@H](C[C@H]2C)[C@@H]1C(C)C. The molecule has 80 valence electrons. The standard InChI is InChI=1S/C15H20/c1-8(2)13-12-7-10(4)11-6-5-9(3)14(11)15(12)13/h5-6,8,10,12-13,15H,3,7H2,1-2,4H3/t10-,12+,13+,15+/m1/s1. The second-order valence-electron chi connectivity index (χ2n) is 5.88. The predicted molar refractivity (Wildman–Crippen MR) is 64.4 cm³/mol. The molecule has 0 heteroatoms. The maximum Gasteiger partial charge on any atom is -0.00882 e. The molecule has 0 aliphatic heterocycles. The Morgan fingerprint density at radius 1 is 1.33 bits per heavy atom. The van der Waals surface area contributed by atoms with Gasteiger partial charge in [0.1, 0.15) is 0 Å². The average Bonchev–Trinajstić information content (AvgIpc) is 2.74. The molecular formula is C15H20. The molecule has 3 aliphatic carbocycles. The smallest absolute Gasteiger partial charge is 0.00882 e. The predicted octanol–water partition coefficient (Wildman–Crippen LogP) is 3.97. The molecule has 0 N–H and O–H groups in total. The third-order valence-electron chi connectivity index (χ3n) is 4.61. The summed E-state index contributed by atoms with van der Waals surface area (Å²) in [6.45, 7) is 11.3. The highest BCUT2D eigenvalue weighted by molar-refractivity contribution is 5.57. The molecule has 0 spiro atoms. The van der Waals surface area contributed by atoms with Crippen LogP contribution in [0.25, 0.3) is 0 Å². The molecule has 0 bridgehead atoms. The minimum atomic E-state index is 0.764. The molecule has 0 aromatic rings. The molecule has 0 radical (unpaired) electrons. The fraction of sp³-hybridized carbons (Fsp3) is 0.600. The summed E-state index contributed by atoms with van der Waals surface area (Å²) in [5.74, 6) is 4.37. The van der Waals surface area contributed by atoms with Gasteiger partial charge >= 0.3 is 0 Å². The van der Waals surface area contributed by atoms with Crippen LogP contribution >= 0.6 is 0 Å². The van der Waals surface area contributed by atoms with Crippen molar-refractivity contribution in [3.05, 3.63) is 35.5 Å². The molecule has 0 saturated heterocycles. The fourth-order valence-corrected chi connectivity index (χ4v) is 3.95. The van der Waals surface area contributed by atoms with E-state index in [1.54, 1.807) is 11.1 Å². The summed E-state index contributed by atoms with van der Waals surface area (Å²) in [5, 5.41) is 0. The second-order valence-corrected chi connectivity index (χ2v) is 5.88. The summed E-state index contributed by atoms with van der Waals surface area (Å²) in [4.78, 5) is 0. The van der Waals surface area contributed by atoms with Crippen molar-refractivity contribution < 1.29 is 0 Å². The summed E-state index contributed by atoms with van der Waals surface area (Å²) in [6.07, 6.45) is 5.94. The third kappa shape index (κ3) is 1.14. The van der Waals surface area contributed by atoms with Gasteiger partial charge in [-0.1, -0.05) is 39.5 Å². The van der Waals surface area contributed by atoms with Gasteiger partial charge in [0.25, 0.3) is 0 Å². The number of rotatable bonds is 1. The maximum atomic E-state index is 4.20. The highest BCUT2D eigenvalue weighted by Crippen LogP contribution is 2.64. The number of fused-ring (bicyclic) bond motifs is 2. The van der Waals surface area contributed by atoms with Crippen molar-refractivity contribution >= 4 is 0 Å². The van der Waals surface area contributed by atoms with E-state index in [4.69, 9.17) is 0 Å². The van der Waals surface area contributed by atoms with E-state index >= 15 is 0 Å². The minimum absolute atomic E-state index is 0.764. The van der Waals surface area contributed by atoms with Crippen molar-refractivity contribution in [3.63, 3.8) is 0 Å². The van der Waals surface area contributed by atoms with Crippen LogP contribution in [0, 0.1) is 29.6 Å². The molecule has 1 fully saturated rings. The number of allylic oxidation sites excluding steroid dienone is 5. The average molecular weight is 200 g/mol. The normalized spacial score (nSPS) is 42.3. The summed E-state index contributed by atoms with van der Waals surface area (Å²) in [6, 6.07) is 0. The number of hydrogen-bond donors (Lipinski definition) is 0. The summed E-state index contributed by atoms with van der Waals surface area (Å²) in [5.41, 5.74) is 4.52. The van der Waals surface area contributed by atoms with E-state index in [1.807, 2.05) is 0 Å². The van der Waals surface area contributed by atoms with E-state index in [0.717, 1.165) is 29.6 Å². The molecule has 4 atom stereocenters. The largest absolute Gasteiger partial charge is 0.0915 e. The van der Waals surface area contributed by atoms with Gasteiger partial charge in [-0.3, -0.25) is 0 Å². The zero-order valence-corrected chi connectivity index (χ0v) is 9.96. The molecule has 0 aromatic heterocycles. The van der Waals surface area contributed by atoms with Gasteiger partial charge in [0, 0.05) is 0 Å². The van der Waals surface area contributed by atoms with Crippen LogP contribution in [-0.4, -0.2) is 0 Å². The van der Waals surface area contributed by atoms with Crippen LogP contribution in [0.15, 0.2) is 35.5 Å². The van der Waals surface area contributed by atoms with Gasteiger partial charge in [-0.05, 0) is 52.7 Å². The van der Waals surface area contributed by atoms with Crippen molar-refractivity contribution in [2.24, 2.45) is 29.6 Å². The molecule has 0 amide bonds. The first-order chi connectivity index (χ1) is 7.11. The van der Waals surface area contributed by atoms with Crippen molar-refractivity contribution in [2.45, 2.75) is 27.2 Å². The van der Waals surface area contributed by atoms with Crippen molar-refractivity contribution in [3.8, 4) is 0 Å². The highest BCUT2D eigenvalue weighted by Gasteiger charge is 2.56. The lowest BCUT2D eigenvalue weighted by atomic mass is 9.85. The van der Waals surface area contributed by atoms with Gasteiger partial charge in [-0.15, -0.1) is 0 Å². The van der Waals surface area contributed by atoms with Gasteiger partial charge in [0.05, 0.1) is 0 Å². The molecule has 0 heterocycles. The van der Waals surface area contributed by atoms with Crippen LogP contribution in [0.5, 0.6) is 0 Å². The Labute approximate surface area is 92.8 Å². The van der Waals surface area contributed by atoms with Gasteiger partial charge in [-0.25, -0.2) is 0 Å². The molecule has 0 unspecified atom stereocenters. The lowest BCUT2D eigenvalue weighted by Gasteiger charge is -2.20. The molecule has 3 rings (SSSR count). The molecule has 1 saturated carbocycles. The van der Waals surface area contributed by atoms with Crippen LogP contribution in [0.3, 0.4) is 0 Å². The Bertz CT molecular complexity index is 381. The van der Waals surface area contributed by atoms with E-state index in [1.165, 1.54) is 12.0 Å². The Balaban J connectivity index is 1.98. The zero-order valence-electron chi connectivity index (χ0n) is 9.96. The molecular weight excluding hydrogens is 180 g/mol. The summed E-state index contributed by atoms with van der Waals surface area (Å²) < 4.78 is 0. The van der Waals surface area contributed by atoms with Gasteiger partial charge < -0.3 is 0 Å². The van der Waals surface area contributed by atoms with Crippen LogP contribution in [0.2, 0.25) is 0 Å². The zero-order chi connectivity index (χ0) is 10.7. The first-order valence-corrected chi connectivity index (χ1v) is 6.22. The molecule has 0 nitrogen and oxygen atoms in total. The minimum Gasteiger partial charge on any atom is -0.0915 e. The van der Waals surface area contributed by atoms with E-state index < -0.39 is 0 Å². The van der Waals surface area contributed by atoms with Crippen molar-refractivity contribution in [2.75, 3.05) is 0 Å². The first-order valence-electron chi connectivity index (χ1n) is 6.22. The Hall–Kier alpha value is -0.780. The molecule has 15 heavy (non-hydrogen) atoms. The molecule has 3 aliphatic rings. The lowest BCUT2D eigenvalue weighted by molar-refractivity contribution is 0.470. The Morgan fingerprint density at radius 3 is 2.73 bits per heavy atom. The van der Waals surface area contributed by atoms with Crippen LogP contribution < -0.4 is 0 Å². The van der Waals surface area contributed by atoms with E-state index in [2.05, 4.69) is 39.5 Å². The summed E-state index contributed by atoms with van der Waals surface area (Å²) >= 11 is 0. The third-order valence-corrected chi connectivity index (χ3v) is 4.61. The first kappa shape index (κ1) is 9.45.